The summed E-state index contributed by atoms with van der Waals surface area (Å²) in [4.78, 5) is 40.0. The fourth-order valence-corrected chi connectivity index (χ4v) is 6.01. The van der Waals surface area contributed by atoms with Crippen molar-refractivity contribution in [2.75, 3.05) is 29.9 Å². The number of thiophene rings is 1. The third kappa shape index (κ3) is 5.41. The Hall–Kier alpha value is -3.71. The lowest BCUT2D eigenvalue weighted by Crippen LogP contribution is -2.30. The molecule has 2 heterocycles. The number of benzene rings is 1. The van der Waals surface area contributed by atoms with E-state index in [9.17, 15) is 25.0 Å². The van der Waals surface area contributed by atoms with Gasteiger partial charge in [-0.1, -0.05) is 0 Å². The van der Waals surface area contributed by atoms with Gasteiger partial charge in [0.25, 0.3) is 11.6 Å². The van der Waals surface area contributed by atoms with Crippen molar-refractivity contribution >= 4 is 45.7 Å². The van der Waals surface area contributed by atoms with Gasteiger partial charge in [0.2, 0.25) is 0 Å². The van der Waals surface area contributed by atoms with E-state index in [2.05, 4.69) is 10.2 Å². The predicted octanol–water partition coefficient (Wildman–Crippen LogP) is 5.25. The molecule has 10 heteroatoms. The smallest absolute Gasteiger partial charge is 0.341 e. The predicted molar refractivity (Wildman–Crippen MR) is 138 cm³/mol. The summed E-state index contributed by atoms with van der Waals surface area (Å²) >= 11 is 1.34. The zero-order valence-electron chi connectivity index (χ0n) is 20.2. The van der Waals surface area contributed by atoms with Gasteiger partial charge >= 0.3 is 5.97 Å². The largest absolute Gasteiger partial charge is 0.462 e. The first kappa shape index (κ1) is 25.4. The van der Waals surface area contributed by atoms with Crippen LogP contribution >= 0.6 is 11.3 Å². The van der Waals surface area contributed by atoms with E-state index < -0.39 is 16.8 Å². The number of hydrogen-bond acceptors (Lipinski definition) is 8. The molecule has 0 spiro atoms. The summed E-state index contributed by atoms with van der Waals surface area (Å²) in [6.07, 6.45) is 8.06. The molecule has 0 unspecified atom stereocenters. The zero-order valence-corrected chi connectivity index (χ0v) is 21.0. The van der Waals surface area contributed by atoms with Gasteiger partial charge in [0.1, 0.15) is 16.6 Å². The highest BCUT2D eigenvalue weighted by atomic mass is 32.1. The number of rotatable bonds is 7. The van der Waals surface area contributed by atoms with Gasteiger partial charge in [0, 0.05) is 41.4 Å². The van der Waals surface area contributed by atoms with Crippen LogP contribution in [-0.4, -0.2) is 36.5 Å². The molecular weight excluding hydrogens is 480 g/mol. The van der Waals surface area contributed by atoms with Crippen LogP contribution in [0, 0.1) is 21.4 Å². The Morgan fingerprint density at radius 3 is 2.67 bits per heavy atom. The lowest BCUT2D eigenvalue weighted by molar-refractivity contribution is -0.384. The third-order valence-corrected chi connectivity index (χ3v) is 7.67. The lowest BCUT2D eigenvalue weighted by Gasteiger charge is -2.30. The number of nitriles is 1. The number of piperidine rings is 1. The normalized spacial score (nSPS) is 15.6. The van der Waals surface area contributed by atoms with Crippen molar-refractivity contribution in [3.8, 4) is 6.07 Å². The number of nitrogens with zero attached hydrogens (tertiary/aromatic N) is 3. The molecule has 1 fully saturated rings. The first-order chi connectivity index (χ1) is 17.4. The molecule has 36 heavy (non-hydrogen) atoms. The molecule has 1 aromatic carbocycles. The molecule has 1 amide bonds. The highest BCUT2D eigenvalue weighted by Gasteiger charge is 2.28. The highest BCUT2D eigenvalue weighted by molar-refractivity contribution is 7.17. The van der Waals surface area contributed by atoms with Crippen molar-refractivity contribution in [1.29, 1.82) is 5.26 Å². The molecule has 0 atom stereocenters. The van der Waals surface area contributed by atoms with E-state index in [4.69, 9.17) is 4.74 Å². The maximum Gasteiger partial charge on any atom is 0.341 e. The van der Waals surface area contributed by atoms with Crippen molar-refractivity contribution in [1.82, 2.24) is 0 Å². The summed E-state index contributed by atoms with van der Waals surface area (Å²) in [5.74, 6) is -1.15. The zero-order chi connectivity index (χ0) is 25.7. The molecule has 2 aliphatic rings. The second-order valence-electron chi connectivity index (χ2n) is 8.81. The number of aryl methyl sites for hydroxylation is 1. The van der Waals surface area contributed by atoms with Gasteiger partial charge in [-0.2, -0.15) is 5.26 Å². The molecule has 4 rings (SSSR count). The number of fused-ring (bicyclic) bond motifs is 1. The number of hydrogen-bond donors (Lipinski definition) is 1. The summed E-state index contributed by atoms with van der Waals surface area (Å²) in [5, 5.41) is 24.4. The Labute approximate surface area is 213 Å². The van der Waals surface area contributed by atoms with E-state index in [1.54, 1.807) is 13.0 Å². The quantitative estimate of drug-likeness (QED) is 0.178. The second kappa shape index (κ2) is 11.4. The monoisotopic (exact) mass is 508 g/mol. The van der Waals surface area contributed by atoms with Crippen molar-refractivity contribution < 1.29 is 19.2 Å². The number of carbonyl (C=O) groups excluding carboxylic acids is 2. The van der Waals surface area contributed by atoms with Crippen LogP contribution in [0.1, 0.15) is 65.4 Å². The number of amides is 1. The van der Waals surface area contributed by atoms with Gasteiger partial charge in [-0.25, -0.2) is 4.79 Å². The molecule has 2 aromatic rings. The minimum Gasteiger partial charge on any atom is -0.462 e. The molecule has 188 valence electrons. The molecule has 1 saturated heterocycles. The van der Waals surface area contributed by atoms with Crippen LogP contribution in [0.25, 0.3) is 6.08 Å². The standard InChI is InChI=1S/C26H28N4O5S/c1-2-35-26(32)23-20-8-4-5-9-22(20)36-25(23)28-24(31)18(16-27)14-17-15-19(30(33)34)10-11-21(17)29-12-6-3-7-13-29/h10-11,14-15H,2-9,12-13H2,1H3,(H,28,31)/b18-14-. The van der Waals surface area contributed by atoms with Gasteiger partial charge in [0.05, 0.1) is 17.1 Å². The van der Waals surface area contributed by atoms with Crippen LogP contribution in [0.5, 0.6) is 0 Å². The number of anilines is 2. The van der Waals surface area contributed by atoms with Crippen molar-refractivity contribution in [3.63, 3.8) is 0 Å². The van der Waals surface area contributed by atoms with Crippen LogP contribution in [0.2, 0.25) is 0 Å². The van der Waals surface area contributed by atoms with Crippen molar-refractivity contribution in [2.24, 2.45) is 0 Å². The molecule has 9 nitrogen and oxygen atoms in total. The average Bonchev–Trinajstić information content (AvgIpc) is 3.25. The minimum atomic E-state index is -0.669. The summed E-state index contributed by atoms with van der Waals surface area (Å²) < 4.78 is 5.24. The average molecular weight is 509 g/mol. The molecule has 0 bridgehead atoms. The van der Waals surface area contributed by atoms with Crippen LogP contribution in [0.4, 0.5) is 16.4 Å². The first-order valence-corrected chi connectivity index (χ1v) is 13.0. The van der Waals surface area contributed by atoms with E-state index in [1.165, 1.54) is 29.5 Å². The summed E-state index contributed by atoms with van der Waals surface area (Å²) in [5.41, 5.74) is 2.15. The maximum absolute atomic E-state index is 13.2. The molecule has 0 saturated carbocycles. The molecule has 1 aliphatic carbocycles. The number of esters is 1. The second-order valence-corrected chi connectivity index (χ2v) is 9.91. The Kier molecular flexibility index (Phi) is 8.00. The van der Waals surface area contributed by atoms with E-state index in [0.717, 1.165) is 74.2 Å². The fraction of sp³-hybridized carbons (Fsp3) is 0.423. The Morgan fingerprint density at radius 1 is 1.22 bits per heavy atom. The SMILES string of the molecule is CCOC(=O)c1c(NC(=O)/C(C#N)=C\c2cc([N+](=O)[O-])ccc2N2CCCCC2)sc2c1CCCC2. The molecular formula is C26H28N4O5S. The van der Waals surface area contributed by atoms with Crippen molar-refractivity contribution in [2.45, 2.75) is 51.9 Å². The molecule has 0 radical (unpaired) electrons. The summed E-state index contributed by atoms with van der Waals surface area (Å²) in [7, 11) is 0. The van der Waals surface area contributed by atoms with Gasteiger partial charge in [-0.15, -0.1) is 11.3 Å². The Morgan fingerprint density at radius 2 is 1.97 bits per heavy atom. The summed E-state index contributed by atoms with van der Waals surface area (Å²) in [6, 6.07) is 6.44. The van der Waals surface area contributed by atoms with E-state index in [1.807, 2.05) is 6.07 Å². The number of nitro benzene ring substituents is 1. The number of nitrogens with one attached hydrogen (secondary N) is 1. The number of ether oxygens (including phenoxy) is 1. The van der Waals surface area contributed by atoms with Crippen LogP contribution in [0.3, 0.4) is 0 Å². The number of carbonyl (C=O) groups is 2. The highest BCUT2D eigenvalue weighted by Crippen LogP contribution is 2.39. The van der Waals surface area contributed by atoms with E-state index in [-0.39, 0.29) is 17.9 Å². The minimum absolute atomic E-state index is 0.116. The topological polar surface area (TPSA) is 126 Å². The summed E-state index contributed by atoms with van der Waals surface area (Å²) in [6.45, 7) is 3.55. The molecule has 1 N–H and O–H groups in total. The van der Waals surface area contributed by atoms with Crippen LogP contribution in [-0.2, 0) is 22.4 Å². The van der Waals surface area contributed by atoms with Crippen LogP contribution in [0.15, 0.2) is 23.8 Å². The number of nitro groups is 1. The Bertz CT molecular complexity index is 1250. The lowest BCUT2D eigenvalue weighted by atomic mass is 9.95. The maximum atomic E-state index is 13.2. The van der Waals surface area contributed by atoms with E-state index in [0.29, 0.717) is 16.1 Å². The Balaban J connectivity index is 1.69. The van der Waals surface area contributed by atoms with Gasteiger partial charge in [0.15, 0.2) is 0 Å². The fourth-order valence-electron chi connectivity index (χ4n) is 4.74. The van der Waals surface area contributed by atoms with E-state index >= 15 is 0 Å². The molecule has 1 aromatic heterocycles. The third-order valence-electron chi connectivity index (χ3n) is 6.46. The van der Waals surface area contributed by atoms with Gasteiger partial charge in [-0.3, -0.25) is 14.9 Å². The van der Waals surface area contributed by atoms with Crippen LogP contribution < -0.4 is 10.2 Å². The first-order valence-electron chi connectivity index (χ1n) is 12.2. The van der Waals surface area contributed by atoms with Gasteiger partial charge < -0.3 is 15.0 Å². The van der Waals surface area contributed by atoms with Crippen molar-refractivity contribution in [3.05, 3.63) is 55.5 Å². The number of non-ortho nitro benzene ring substituents is 1. The molecule has 1 aliphatic heterocycles. The van der Waals surface area contributed by atoms with Gasteiger partial charge in [-0.05, 0) is 69.6 Å².